The number of nitrogens with zero attached hydrogens (tertiary/aromatic N) is 4. The van der Waals surface area contributed by atoms with Gasteiger partial charge in [-0.15, -0.1) is 10.2 Å². The molecule has 1 aromatic rings. The van der Waals surface area contributed by atoms with Crippen LogP contribution in [0.15, 0.2) is 5.16 Å². The predicted molar refractivity (Wildman–Crippen MR) is 83.9 cm³/mol. The summed E-state index contributed by atoms with van der Waals surface area (Å²) in [5, 5.41) is 18.0. The van der Waals surface area contributed by atoms with Crippen molar-refractivity contribution in [3.05, 3.63) is 0 Å². The molecule has 0 aliphatic carbocycles. The van der Waals surface area contributed by atoms with E-state index in [0.717, 1.165) is 19.0 Å². The maximum absolute atomic E-state index is 10.7. The fourth-order valence-corrected chi connectivity index (χ4v) is 3.46. The highest BCUT2D eigenvalue weighted by Crippen LogP contribution is 2.31. The van der Waals surface area contributed by atoms with E-state index in [1.54, 1.807) is 0 Å². The van der Waals surface area contributed by atoms with Crippen LogP contribution >= 0.6 is 11.8 Å². The highest BCUT2D eigenvalue weighted by molar-refractivity contribution is 7.99. The zero-order valence-corrected chi connectivity index (χ0v) is 13.9. The molecule has 6 nitrogen and oxygen atoms in total. The number of hydrogen-bond acceptors (Lipinski definition) is 5. The first-order chi connectivity index (χ1) is 9.90. The van der Waals surface area contributed by atoms with Gasteiger partial charge in [-0.25, -0.2) is 0 Å². The van der Waals surface area contributed by atoms with Crippen LogP contribution in [0.25, 0.3) is 0 Å². The lowest BCUT2D eigenvalue weighted by Crippen LogP contribution is -2.25. The average molecular weight is 312 g/mol. The molecule has 21 heavy (non-hydrogen) atoms. The monoisotopic (exact) mass is 312 g/mol. The van der Waals surface area contributed by atoms with Crippen molar-refractivity contribution < 1.29 is 9.90 Å². The zero-order chi connectivity index (χ0) is 15.6. The largest absolute Gasteiger partial charge is 0.481 e. The van der Waals surface area contributed by atoms with Crippen LogP contribution in [0.2, 0.25) is 0 Å². The molecule has 0 aromatic carbocycles. The van der Waals surface area contributed by atoms with Gasteiger partial charge in [-0.2, -0.15) is 0 Å². The molecule has 0 radical (unpaired) electrons. The summed E-state index contributed by atoms with van der Waals surface area (Å²) in [6.07, 6.45) is 1.18. The Bertz CT molecular complexity index is 501. The first kappa shape index (κ1) is 16.1. The molecule has 1 unspecified atom stereocenters. The van der Waals surface area contributed by atoms with Gasteiger partial charge in [-0.3, -0.25) is 9.36 Å². The smallest absolute Gasteiger partial charge is 0.313 e. The first-order valence-corrected chi connectivity index (χ1v) is 8.43. The first-order valence-electron chi connectivity index (χ1n) is 7.44. The number of thioether (sulfide) groups is 1. The van der Waals surface area contributed by atoms with Crippen LogP contribution in [-0.4, -0.2) is 44.7 Å². The standard InChI is InChI=1S/C14H24N4O2S/c1-9(2)11-5-6-17(7-11)13-15-16-14(18(13)10(3)4)21-8-12(19)20/h9-11H,5-8H2,1-4H3,(H,19,20). The van der Waals surface area contributed by atoms with Crippen LogP contribution in [0.4, 0.5) is 5.95 Å². The fourth-order valence-electron chi connectivity index (χ4n) is 2.67. The molecule has 0 bridgehead atoms. The van der Waals surface area contributed by atoms with Gasteiger partial charge >= 0.3 is 5.97 Å². The predicted octanol–water partition coefficient (Wildman–Crippen LogP) is 2.52. The molecule has 0 saturated carbocycles. The second-order valence-corrected chi connectivity index (χ2v) is 7.11. The lowest BCUT2D eigenvalue weighted by molar-refractivity contribution is -0.133. The third kappa shape index (κ3) is 3.70. The maximum Gasteiger partial charge on any atom is 0.313 e. The SMILES string of the molecule is CC(C)C1CCN(c2nnc(SCC(=O)O)n2C(C)C)C1. The summed E-state index contributed by atoms with van der Waals surface area (Å²) >= 11 is 1.23. The van der Waals surface area contributed by atoms with Gasteiger partial charge in [-0.1, -0.05) is 25.6 Å². The number of carboxylic acids is 1. The molecule has 1 fully saturated rings. The molecule has 1 atom stereocenters. The highest BCUT2D eigenvalue weighted by atomic mass is 32.2. The van der Waals surface area contributed by atoms with Crippen molar-refractivity contribution in [2.45, 2.75) is 45.3 Å². The summed E-state index contributed by atoms with van der Waals surface area (Å²) in [4.78, 5) is 13.0. The van der Waals surface area contributed by atoms with Crippen LogP contribution in [0.5, 0.6) is 0 Å². The minimum Gasteiger partial charge on any atom is -0.481 e. The quantitative estimate of drug-likeness (QED) is 0.814. The van der Waals surface area contributed by atoms with Gasteiger partial charge in [0.25, 0.3) is 0 Å². The second-order valence-electron chi connectivity index (χ2n) is 6.17. The Balaban J connectivity index is 2.18. The lowest BCUT2D eigenvalue weighted by Gasteiger charge is -2.22. The minimum atomic E-state index is -0.832. The van der Waals surface area contributed by atoms with Crippen LogP contribution in [0.1, 0.15) is 40.2 Å². The lowest BCUT2D eigenvalue weighted by atomic mass is 9.95. The van der Waals surface area contributed by atoms with E-state index < -0.39 is 5.97 Å². The van der Waals surface area contributed by atoms with E-state index >= 15 is 0 Å². The van der Waals surface area contributed by atoms with Crippen molar-refractivity contribution in [2.24, 2.45) is 11.8 Å². The maximum atomic E-state index is 10.7. The van der Waals surface area contributed by atoms with Gasteiger partial charge in [0.15, 0.2) is 5.16 Å². The van der Waals surface area contributed by atoms with Crippen molar-refractivity contribution in [3.63, 3.8) is 0 Å². The third-order valence-corrected chi connectivity index (χ3v) is 4.87. The minimum absolute atomic E-state index is 0.0134. The van der Waals surface area contributed by atoms with Gasteiger partial charge < -0.3 is 10.0 Å². The third-order valence-electron chi connectivity index (χ3n) is 3.94. The number of aromatic nitrogens is 3. The van der Waals surface area contributed by atoms with Gasteiger partial charge in [0.05, 0.1) is 5.75 Å². The summed E-state index contributed by atoms with van der Waals surface area (Å²) in [6.45, 7) is 10.7. The van der Waals surface area contributed by atoms with Crippen molar-refractivity contribution >= 4 is 23.7 Å². The van der Waals surface area contributed by atoms with Crippen LogP contribution in [0, 0.1) is 11.8 Å². The number of anilines is 1. The second kappa shape index (κ2) is 6.68. The normalized spacial score (nSPS) is 19.0. The highest BCUT2D eigenvalue weighted by Gasteiger charge is 2.29. The number of rotatable bonds is 6. The van der Waals surface area contributed by atoms with E-state index in [1.165, 1.54) is 18.2 Å². The Hall–Kier alpha value is -1.24. The van der Waals surface area contributed by atoms with Crippen molar-refractivity contribution in [3.8, 4) is 0 Å². The summed E-state index contributed by atoms with van der Waals surface area (Å²) in [7, 11) is 0. The Kier molecular flexibility index (Phi) is 5.13. The molecular weight excluding hydrogens is 288 g/mol. The Morgan fingerprint density at radius 1 is 1.38 bits per heavy atom. The number of carboxylic acid groups (broad SMARTS) is 1. The molecule has 1 aliphatic heterocycles. The van der Waals surface area contributed by atoms with Gasteiger partial charge in [0, 0.05) is 19.1 Å². The molecule has 2 rings (SSSR count). The molecule has 0 spiro atoms. The number of carbonyl (C=O) groups is 1. The van der Waals surface area contributed by atoms with Crippen molar-refractivity contribution in [1.82, 2.24) is 14.8 Å². The van der Waals surface area contributed by atoms with Crippen LogP contribution in [-0.2, 0) is 4.79 Å². The molecule has 1 aliphatic rings. The Labute approximate surface area is 129 Å². The van der Waals surface area contributed by atoms with Gasteiger partial charge in [0.2, 0.25) is 5.95 Å². The van der Waals surface area contributed by atoms with E-state index in [9.17, 15) is 4.79 Å². The van der Waals surface area contributed by atoms with Gasteiger partial charge in [0.1, 0.15) is 0 Å². The van der Waals surface area contributed by atoms with E-state index in [0.29, 0.717) is 17.0 Å². The van der Waals surface area contributed by atoms with Gasteiger partial charge in [-0.05, 0) is 32.1 Å². The Morgan fingerprint density at radius 2 is 2.10 bits per heavy atom. The molecular formula is C14H24N4O2S. The van der Waals surface area contributed by atoms with E-state index in [1.807, 2.05) is 0 Å². The zero-order valence-electron chi connectivity index (χ0n) is 13.1. The van der Waals surface area contributed by atoms with E-state index in [-0.39, 0.29) is 11.8 Å². The van der Waals surface area contributed by atoms with Crippen LogP contribution in [0.3, 0.4) is 0 Å². The average Bonchev–Trinajstić information content (AvgIpc) is 3.02. The summed E-state index contributed by atoms with van der Waals surface area (Å²) < 4.78 is 2.05. The fraction of sp³-hybridized carbons (Fsp3) is 0.786. The number of aliphatic carboxylic acids is 1. The molecule has 1 aromatic heterocycles. The topological polar surface area (TPSA) is 71.2 Å². The van der Waals surface area contributed by atoms with E-state index in [4.69, 9.17) is 5.11 Å². The summed E-state index contributed by atoms with van der Waals surface area (Å²) in [5.41, 5.74) is 0. The molecule has 1 N–H and O–H groups in total. The van der Waals surface area contributed by atoms with Crippen LogP contribution < -0.4 is 4.90 Å². The van der Waals surface area contributed by atoms with E-state index in [2.05, 4.69) is 47.4 Å². The molecule has 0 amide bonds. The summed E-state index contributed by atoms with van der Waals surface area (Å²) in [6, 6.07) is 0.212. The van der Waals surface area contributed by atoms with Crippen molar-refractivity contribution in [1.29, 1.82) is 0 Å². The summed E-state index contributed by atoms with van der Waals surface area (Å²) in [5.74, 6) is 1.42. The molecule has 7 heteroatoms. The Morgan fingerprint density at radius 3 is 2.62 bits per heavy atom. The molecule has 1 saturated heterocycles. The van der Waals surface area contributed by atoms with Crippen molar-refractivity contribution in [2.75, 3.05) is 23.7 Å². The molecule has 118 valence electrons. The number of hydrogen-bond donors (Lipinski definition) is 1. The molecule has 2 heterocycles.